The van der Waals surface area contributed by atoms with Gasteiger partial charge in [-0.15, -0.1) is 0 Å². The van der Waals surface area contributed by atoms with Crippen LogP contribution < -0.4 is 5.32 Å². The Labute approximate surface area is 60.4 Å². The van der Waals surface area contributed by atoms with E-state index in [4.69, 9.17) is 5.11 Å². The molecule has 0 radical (unpaired) electrons. The van der Waals surface area contributed by atoms with Crippen molar-refractivity contribution in [2.75, 3.05) is 6.54 Å². The fourth-order valence-electron chi connectivity index (χ4n) is 1.49. The lowest BCUT2D eigenvalue weighted by atomic mass is 9.93. The van der Waals surface area contributed by atoms with Crippen molar-refractivity contribution < 1.29 is 15.2 Å². The van der Waals surface area contributed by atoms with Gasteiger partial charge in [0.1, 0.15) is 0 Å². The van der Waals surface area contributed by atoms with E-state index in [0.29, 0.717) is 5.92 Å². The number of hydrogen-bond acceptors (Lipinski definition) is 1. The molecule has 0 aromatic rings. The lowest BCUT2D eigenvalue weighted by molar-refractivity contribution is -0.692. The standard InChI is InChI=1S/C7H13NO2/c1-5-3-2-4-8-6(5)7(9)10/h5-6,8H,2-4H2,1H3,(H,9,10)/p+1. The van der Waals surface area contributed by atoms with E-state index in [1.165, 1.54) is 0 Å². The van der Waals surface area contributed by atoms with Crippen molar-refractivity contribution >= 4 is 5.97 Å². The summed E-state index contributed by atoms with van der Waals surface area (Å²) in [6.45, 7) is 2.98. The van der Waals surface area contributed by atoms with Crippen molar-refractivity contribution in [3.8, 4) is 0 Å². The minimum Gasteiger partial charge on any atom is -0.477 e. The molecule has 0 saturated carbocycles. The average Bonchev–Trinajstić information content (AvgIpc) is 1.88. The highest BCUT2D eigenvalue weighted by Crippen LogP contribution is 2.10. The summed E-state index contributed by atoms with van der Waals surface area (Å²) in [7, 11) is 0. The number of hydrogen-bond donors (Lipinski definition) is 2. The number of rotatable bonds is 1. The Bertz CT molecular complexity index is 136. The van der Waals surface area contributed by atoms with Gasteiger partial charge in [0, 0.05) is 5.92 Å². The van der Waals surface area contributed by atoms with Gasteiger partial charge in [-0.1, -0.05) is 6.92 Å². The van der Waals surface area contributed by atoms with Crippen molar-refractivity contribution in [3.05, 3.63) is 0 Å². The average molecular weight is 144 g/mol. The summed E-state index contributed by atoms with van der Waals surface area (Å²) in [5.41, 5.74) is 0. The quantitative estimate of drug-likeness (QED) is 0.518. The van der Waals surface area contributed by atoms with E-state index in [1.54, 1.807) is 0 Å². The van der Waals surface area contributed by atoms with Gasteiger partial charge in [0.25, 0.3) is 0 Å². The topological polar surface area (TPSA) is 53.9 Å². The predicted molar refractivity (Wildman–Crippen MR) is 36.6 cm³/mol. The Hall–Kier alpha value is -0.570. The monoisotopic (exact) mass is 144 g/mol. The van der Waals surface area contributed by atoms with Gasteiger partial charge in [0.2, 0.25) is 0 Å². The fraction of sp³-hybridized carbons (Fsp3) is 0.857. The molecule has 1 saturated heterocycles. The first kappa shape index (κ1) is 7.54. The number of quaternary nitrogens is 1. The summed E-state index contributed by atoms with van der Waals surface area (Å²) in [5, 5.41) is 10.6. The van der Waals surface area contributed by atoms with Crippen LogP contribution >= 0.6 is 0 Å². The Morgan fingerprint density at radius 2 is 2.40 bits per heavy atom. The molecular weight excluding hydrogens is 130 g/mol. The minimum absolute atomic E-state index is 0.186. The largest absolute Gasteiger partial charge is 0.477 e. The van der Waals surface area contributed by atoms with Crippen LogP contribution in [0.2, 0.25) is 0 Å². The highest BCUT2D eigenvalue weighted by atomic mass is 16.4. The Kier molecular flexibility index (Phi) is 2.27. The van der Waals surface area contributed by atoms with Crippen LogP contribution in [0.1, 0.15) is 19.8 Å². The lowest BCUT2D eigenvalue weighted by Gasteiger charge is -2.22. The summed E-state index contributed by atoms with van der Waals surface area (Å²) in [4.78, 5) is 10.5. The molecule has 1 fully saturated rings. The van der Waals surface area contributed by atoms with Crippen LogP contribution in [0.15, 0.2) is 0 Å². The molecule has 1 aliphatic rings. The number of piperidine rings is 1. The number of nitrogens with two attached hydrogens (primary N) is 1. The molecule has 0 aromatic heterocycles. The Morgan fingerprint density at radius 1 is 1.70 bits per heavy atom. The van der Waals surface area contributed by atoms with E-state index in [9.17, 15) is 4.79 Å². The third kappa shape index (κ3) is 1.48. The number of aliphatic carboxylic acids is 1. The molecule has 1 rings (SSSR count). The van der Waals surface area contributed by atoms with Gasteiger partial charge >= 0.3 is 5.97 Å². The molecule has 2 unspecified atom stereocenters. The number of carboxylic acid groups (broad SMARTS) is 1. The summed E-state index contributed by atoms with van der Waals surface area (Å²) in [6, 6.07) is -0.186. The SMILES string of the molecule is CC1CCC[NH2+]C1C(=O)O. The summed E-state index contributed by atoms with van der Waals surface area (Å²) in [5.74, 6) is -0.321. The van der Waals surface area contributed by atoms with Crippen LogP contribution in [0, 0.1) is 5.92 Å². The molecule has 0 aliphatic carbocycles. The van der Waals surface area contributed by atoms with Crippen molar-refractivity contribution in [2.24, 2.45) is 5.92 Å². The first-order valence-electron chi connectivity index (χ1n) is 3.78. The first-order chi connectivity index (χ1) is 4.72. The van der Waals surface area contributed by atoms with E-state index in [0.717, 1.165) is 19.4 Å². The fourth-order valence-corrected chi connectivity index (χ4v) is 1.49. The normalized spacial score (nSPS) is 33.7. The lowest BCUT2D eigenvalue weighted by Crippen LogP contribution is -2.94. The molecule has 0 bridgehead atoms. The zero-order chi connectivity index (χ0) is 7.56. The van der Waals surface area contributed by atoms with E-state index in [1.807, 2.05) is 12.2 Å². The summed E-state index contributed by atoms with van der Waals surface area (Å²) < 4.78 is 0. The third-order valence-electron chi connectivity index (χ3n) is 2.18. The highest BCUT2D eigenvalue weighted by molar-refractivity contribution is 5.72. The molecule has 3 N–H and O–H groups in total. The van der Waals surface area contributed by atoms with E-state index in [-0.39, 0.29) is 6.04 Å². The molecule has 1 aliphatic heterocycles. The van der Waals surface area contributed by atoms with Gasteiger partial charge in [-0.25, -0.2) is 4.79 Å². The molecular formula is C7H14NO2+. The van der Waals surface area contributed by atoms with Crippen molar-refractivity contribution in [1.82, 2.24) is 0 Å². The van der Waals surface area contributed by atoms with Gasteiger partial charge in [-0.3, -0.25) is 0 Å². The maximum absolute atomic E-state index is 10.5. The van der Waals surface area contributed by atoms with E-state index >= 15 is 0 Å². The van der Waals surface area contributed by atoms with Crippen LogP contribution in [0.25, 0.3) is 0 Å². The Morgan fingerprint density at radius 3 is 2.80 bits per heavy atom. The summed E-state index contributed by atoms with van der Waals surface area (Å²) >= 11 is 0. The molecule has 3 heteroatoms. The Balaban J connectivity index is 2.47. The molecule has 0 amide bonds. The van der Waals surface area contributed by atoms with Crippen LogP contribution in [0.5, 0.6) is 0 Å². The van der Waals surface area contributed by atoms with Crippen LogP contribution in [-0.4, -0.2) is 23.7 Å². The van der Waals surface area contributed by atoms with Crippen LogP contribution in [-0.2, 0) is 4.79 Å². The van der Waals surface area contributed by atoms with E-state index < -0.39 is 5.97 Å². The zero-order valence-corrected chi connectivity index (χ0v) is 6.21. The smallest absolute Gasteiger partial charge is 0.362 e. The maximum atomic E-state index is 10.5. The number of carbonyl (C=O) groups is 1. The van der Waals surface area contributed by atoms with Gasteiger partial charge in [-0.05, 0) is 12.8 Å². The molecule has 3 nitrogen and oxygen atoms in total. The van der Waals surface area contributed by atoms with Gasteiger partial charge in [-0.2, -0.15) is 0 Å². The molecule has 2 atom stereocenters. The van der Waals surface area contributed by atoms with Crippen molar-refractivity contribution in [1.29, 1.82) is 0 Å². The van der Waals surface area contributed by atoms with Gasteiger partial charge in [0.05, 0.1) is 6.54 Å². The van der Waals surface area contributed by atoms with Gasteiger partial charge < -0.3 is 10.4 Å². The zero-order valence-electron chi connectivity index (χ0n) is 6.21. The van der Waals surface area contributed by atoms with Gasteiger partial charge in [0.15, 0.2) is 6.04 Å². The molecule has 0 aromatic carbocycles. The molecule has 0 spiro atoms. The summed E-state index contributed by atoms with van der Waals surface area (Å²) in [6.07, 6.45) is 2.22. The van der Waals surface area contributed by atoms with Crippen molar-refractivity contribution in [2.45, 2.75) is 25.8 Å². The second-order valence-corrected chi connectivity index (χ2v) is 3.01. The second-order valence-electron chi connectivity index (χ2n) is 3.01. The predicted octanol–water partition coefficient (Wildman–Crippen LogP) is -0.567. The number of carboxylic acids is 1. The molecule has 10 heavy (non-hydrogen) atoms. The van der Waals surface area contributed by atoms with E-state index in [2.05, 4.69) is 0 Å². The van der Waals surface area contributed by atoms with Crippen LogP contribution in [0.3, 0.4) is 0 Å². The molecule has 1 heterocycles. The van der Waals surface area contributed by atoms with Crippen molar-refractivity contribution in [3.63, 3.8) is 0 Å². The maximum Gasteiger partial charge on any atom is 0.362 e. The first-order valence-corrected chi connectivity index (χ1v) is 3.78. The second kappa shape index (κ2) is 3.01. The minimum atomic E-state index is -0.660. The highest BCUT2D eigenvalue weighted by Gasteiger charge is 2.30. The third-order valence-corrected chi connectivity index (χ3v) is 2.18. The van der Waals surface area contributed by atoms with Crippen LogP contribution in [0.4, 0.5) is 0 Å². The molecule has 58 valence electrons.